The third kappa shape index (κ3) is 4.73. The first-order valence-electron chi connectivity index (χ1n) is 8.77. The zero-order valence-electron chi connectivity index (χ0n) is 15.1. The fourth-order valence-corrected chi connectivity index (χ4v) is 3.44. The molecule has 0 aromatic heterocycles. The normalized spacial score (nSPS) is 16.7. The first-order valence-corrected chi connectivity index (χ1v) is 8.77. The second kappa shape index (κ2) is 8.71. The Kier molecular flexibility index (Phi) is 6.64. The van der Waals surface area contributed by atoms with Gasteiger partial charge in [0.25, 0.3) is 0 Å². The second-order valence-corrected chi connectivity index (χ2v) is 6.78. The molecule has 132 valence electrons. The number of amides is 1. The third-order valence-electron chi connectivity index (χ3n) is 4.79. The molecular weight excluding hydrogens is 300 g/mol. The smallest absolute Gasteiger partial charge is 0.230 e. The fourth-order valence-electron chi connectivity index (χ4n) is 3.44. The molecule has 0 unspecified atom stereocenters. The fraction of sp³-hybridized carbons (Fsp3) is 0.579. The summed E-state index contributed by atoms with van der Waals surface area (Å²) < 4.78 is 0. The van der Waals surface area contributed by atoms with Crippen LogP contribution in [0.5, 0.6) is 0 Å². The average molecular weight is 330 g/mol. The number of hydrogen-bond acceptors (Lipinski definition) is 2. The van der Waals surface area contributed by atoms with Gasteiger partial charge in [0.05, 0.1) is 5.41 Å². The van der Waals surface area contributed by atoms with Gasteiger partial charge in [0.15, 0.2) is 5.96 Å². The van der Waals surface area contributed by atoms with Crippen LogP contribution < -0.4 is 10.6 Å². The van der Waals surface area contributed by atoms with Crippen molar-refractivity contribution in [3.63, 3.8) is 0 Å². The number of hydrogen-bond donors (Lipinski definition) is 2. The molecule has 5 heteroatoms. The number of guanidine groups is 1. The van der Waals surface area contributed by atoms with E-state index in [0.29, 0.717) is 6.54 Å². The van der Waals surface area contributed by atoms with Gasteiger partial charge in [-0.05, 0) is 24.8 Å². The molecule has 0 spiro atoms. The van der Waals surface area contributed by atoms with Crippen molar-refractivity contribution < 1.29 is 4.79 Å². The molecule has 0 saturated heterocycles. The molecule has 1 saturated carbocycles. The third-order valence-corrected chi connectivity index (χ3v) is 4.79. The lowest BCUT2D eigenvalue weighted by molar-refractivity contribution is -0.138. The minimum atomic E-state index is -0.277. The standard InChI is InChI=1S/C19H30N4O/c1-20-18(21-14-11-16-9-5-4-6-10-16)22-15-19(12-7-8-13-19)17(24)23(2)3/h4-6,9-10H,7-8,11-15H2,1-3H3,(H2,20,21,22). The molecule has 0 atom stereocenters. The van der Waals surface area contributed by atoms with Crippen molar-refractivity contribution >= 4 is 11.9 Å². The quantitative estimate of drug-likeness (QED) is 0.620. The Bertz CT molecular complexity index is 548. The summed E-state index contributed by atoms with van der Waals surface area (Å²) in [6, 6.07) is 10.4. The minimum absolute atomic E-state index is 0.229. The van der Waals surface area contributed by atoms with Gasteiger partial charge < -0.3 is 15.5 Å². The highest BCUT2D eigenvalue weighted by Gasteiger charge is 2.42. The number of carbonyl (C=O) groups is 1. The molecule has 24 heavy (non-hydrogen) atoms. The lowest BCUT2D eigenvalue weighted by Crippen LogP contribution is -2.49. The van der Waals surface area contributed by atoms with E-state index < -0.39 is 0 Å². The molecule has 1 fully saturated rings. The van der Waals surface area contributed by atoms with Crippen LogP contribution >= 0.6 is 0 Å². The van der Waals surface area contributed by atoms with E-state index in [1.54, 1.807) is 11.9 Å². The Morgan fingerprint density at radius 3 is 2.42 bits per heavy atom. The van der Waals surface area contributed by atoms with E-state index in [9.17, 15) is 4.79 Å². The zero-order chi connectivity index (χ0) is 17.4. The number of rotatable bonds is 6. The van der Waals surface area contributed by atoms with Gasteiger partial charge in [-0.2, -0.15) is 0 Å². The summed E-state index contributed by atoms with van der Waals surface area (Å²) in [6.45, 7) is 1.47. The number of benzene rings is 1. The van der Waals surface area contributed by atoms with Crippen molar-refractivity contribution in [2.75, 3.05) is 34.2 Å². The molecule has 1 aliphatic rings. The summed E-state index contributed by atoms with van der Waals surface area (Å²) >= 11 is 0. The summed E-state index contributed by atoms with van der Waals surface area (Å²) in [4.78, 5) is 18.6. The maximum atomic E-state index is 12.6. The van der Waals surface area contributed by atoms with E-state index in [2.05, 4.69) is 39.9 Å². The van der Waals surface area contributed by atoms with Gasteiger partial charge in [0, 0.05) is 34.2 Å². The van der Waals surface area contributed by atoms with Crippen LogP contribution in [-0.4, -0.2) is 51.0 Å². The lowest BCUT2D eigenvalue weighted by atomic mass is 9.84. The number of nitrogens with one attached hydrogen (secondary N) is 2. The molecule has 1 aliphatic carbocycles. The Labute approximate surface area is 145 Å². The molecule has 5 nitrogen and oxygen atoms in total. The Morgan fingerprint density at radius 2 is 1.83 bits per heavy atom. The topological polar surface area (TPSA) is 56.7 Å². The molecule has 1 aromatic rings. The van der Waals surface area contributed by atoms with Crippen LogP contribution in [0, 0.1) is 5.41 Å². The molecule has 0 bridgehead atoms. The summed E-state index contributed by atoms with van der Waals surface area (Å²) in [7, 11) is 5.46. The maximum absolute atomic E-state index is 12.6. The van der Waals surface area contributed by atoms with Gasteiger partial charge in [-0.25, -0.2) is 0 Å². The highest BCUT2D eigenvalue weighted by atomic mass is 16.2. The predicted molar refractivity (Wildman–Crippen MR) is 99.1 cm³/mol. The maximum Gasteiger partial charge on any atom is 0.230 e. The summed E-state index contributed by atoms with van der Waals surface area (Å²) in [5.41, 5.74) is 1.02. The Balaban J connectivity index is 1.84. The highest BCUT2D eigenvalue weighted by molar-refractivity contribution is 5.85. The van der Waals surface area contributed by atoms with Gasteiger partial charge in [-0.3, -0.25) is 9.79 Å². The molecule has 1 aromatic carbocycles. The molecule has 0 radical (unpaired) electrons. The summed E-state index contributed by atoms with van der Waals surface area (Å²) in [5.74, 6) is 0.996. The first kappa shape index (κ1) is 18.3. The highest BCUT2D eigenvalue weighted by Crippen LogP contribution is 2.38. The molecule has 0 aliphatic heterocycles. The van der Waals surface area contributed by atoms with Crippen LogP contribution in [0.25, 0.3) is 0 Å². The van der Waals surface area contributed by atoms with Crippen LogP contribution in [0.1, 0.15) is 31.2 Å². The van der Waals surface area contributed by atoms with Crippen LogP contribution in [-0.2, 0) is 11.2 Å². The van der Waals surface area contributed by atoms with Gasteiger partial charge in [-0.1, -0.05) is 43.2 Å². The van der Waals surface area contributed by atoms with Crippen LogP contribution in [0.15, 0.2) is 35.3 Å². The second-order valence-electron chi connectivity index (χ2n) is 6.78. The van der Waals surface area contributed by atoms with E-state index in [1.807, 2.05) is 20.2 Å². The molecule has 2 rings (SSSR count). The van der Waals surface area contributed by atoms with E-state index in [0.717, 1.165) is 44.6 Å². The number of carbonyl (C=O) groups excluding carboxylic acids is 1. The largest absolute Gasteiger partial charge is 0.356 e. The van der Waals surface area contributed by atoms with Gasteiger partial charge in [-0.15, -0.1) is 0 Å². The van der Waals surface area contributed by atoms with Crippen LogP contribution in [0.4, 0.5) is 0 Å². The first-order chi connectivity index (χ1) is 11.6. The van der Waals surface area contributed by atoms with Crippen molar-refractivity contribution in [1.82, 2.24) is 15.5 Å². The van der Waals surface area contributed by atoms with E-state index in [-0.39, 0.29) is 11.3 Å². The average Bonchev–Trinajstić information content (AvgIpc) is 3.08. The number of nitrogens with zero attached hydrogens (tertiary/aromatic N) is 2. The van der Waals surface area contributed by atoms with Crippen molar-refractivity contribution in [3.05, 3.63) is 35.9 Å². The Morgan fingerprint density at radius 1 is 1.17 bits per heavy atom. The molecule has 1 amide bonds. The van der Waals surface area contributed by atoms with Crippen LogP contribution in [0.2, 0.25) is 0 Å². The molecule has 2 N–H and O–H groups in total. The number of aliphatic imine (C=N–C) groups is 1. The van der Waals surface area contributed by atoms with E-state index >= 15 is 0 Å². The molecule has 0 heterocycles. The van der Waals surface area contributed by atoms with Crippen molar-refractivity contribution in [2.24, 2.45) is 10.4 Å². The minimum Gasteiger partial charge on any atom is -0.356 e. The van der Waals surface area contributed by atoms with Crippen molar-refractivity contribution in [1.29, 1.82) is 0 Å². The van der Waals surface area contributed by atoms with E-state index in [1.165, 1.54) is 5.56 Å². The van der Waals surface area contributed by atoms with E-state index in [4.69, 9.17) is 0 Å². The van der Waals surface area contributed by atoms with Gasteiger partial charge >= 0.3 is 0 Å². The molecular formula is C19H30N4O. The van der Waals surface area contributed by atoms with Crippen LogP contribution in [0.3, 0.4) is 0 Å². The van der Waals surface area contributed by atoms with Crippen molar-refractivity contribution in [2.45, 2.75) is 32.1 Å². The summed E-state index contributed by atoms with van der Waals surface area (Å²) in [6.07, 6.45) is 5.11. The Hall–Kier alpha value is -2.04. The monoisotopic (exact) mass is 330 g/mol. The van der Waals surface area contributed by atoms with Crippen molar-refractivity contribution in [3.8, 4) is 0 Å². The van der Waals surface area contributed by atoms with Gasteiger partial charge in [0.1, 0.15) is 0 Å². The summed E-state index contributed by atoms with van der Waals surface area (Å²) in [5, 5.41) is 6.71. The predicted octanol–water partition coefficient (Wildman–Crippen LogP) is 2.04. The zero-order valence-corrected chi connectivity index (χ0v) is 15.1. The van der Waals surface area contributed by atoms with Gasteiger partial charge in [0.2, 0.25) is 5.91 Å². The SMILES string of the molecule is CN=C(NCCc1ccccc1)NCC1(C(=O)N(C)C)CCCC1. The lowest BCUT2D eigenvalue weighted by Gasteiger charge is -2.31.